The van der Waals surface area contributed by atoms with Gasteiger partial charge in [0.05, 0.1) is 64.1 Å². The lowest BCUT2D eigenvalue weighted by atomic mass is 9.79. The van der Waals surface area contributed by atoms with Gasteiger partial charge in [-0.3, -0.25) is 9.88 Å². The van der Waals surface area contributed by atoms with Gasteiger partial charge in [-0.05, 0) is 173 Å². The summed E-state index contributed by atoms with van der Waals surface area (Å²) in [5.74, 6) is -2.12. The van der Waals surface area contributed by atoms with Crippen LogP contribution in [0.25, 0.3) is 0 Å². The molecule has 0 spiro atoms. The minimum Gasteiger partial charge on any atom is -0.462 e. The number of unbranched alkanes of at least 4 members (excludes halogenated alkanes) is 4. The molecule has 2 fully saturated rings. The number of benzene rings is 4. The topological polar surface area (TPSA) is 355 Å². The van der Waals surface area contributed by atoms with Crippen LogP contribution in [0.2, 0.25) is 0 Å². The van der Waals surface area contributed by atoms with Crippen molar-refractivity contribution in [2.24, 2.45) is 0 Å². The maximum Gasteiger partial charge on any atom is 0.494 e. The van der Waals surface area contributed by atoms with E-state index in [1.807, 2.05) is 104 Å². The molecule has 3 heterocycles. The number of aliphatic hydroxyl groups excluding tert-OH is 6. The van der Waals surface area contributed by atoms with Gasteiger partial charge in [0.1, 0.15) is 0 Å². The Morgan fingerprint density at radius 1 is 0.505 bits per heavy atom. The number of esters is 4. The zero-order valence-corrected chi connectivity index (χ0v) is 65.1. The van der Waals surface area contributed by atoms with Gasteiger partial charge in [-0.15, -0.1) is 0 Å². The fourth-order valence-electron chi connectivity index (χ4n) is 8.94. The lowest BCUT2D eigenvalue weighted by Crippen LogP contribution is -2.36. The van der Waals surface area contributed by atoms with E-state index >= 15 is 0 Å². The van der Waals surface area contributed by atoms with E-state index in [4.69, 9.17) is 78.8 Å². The highest BCUT2D eigenvalue weighted by Gasteiger charge is 2.33. The molecule has 4 aromatic carbocycles. The van der Waals surface area contributed by atoms with Gasteiger partial charge in [-0.2, -0.15) is 0 Å². The number of ether oxygens (including phenoxy) is 3. The maximum absolute atomic E-state index is 11.2. The van der Waals surface area contributed by atoms with Crippen LogP contribution < -0.4 is 26.8 Å². The molecule has 28 heteroatoms. The van der Waals surface area contributed by atoms with E-state index in [0.29, 0.717) is 86.3 Å². The van der Waals surface area contributed by atoms with E-state index in [9.17, 15) is 19.2 Å². The number of pyridine rings is 1. The van der Waals surface area contributed by atoms with Crippen molar-refractivity contribution in [2.45, 2.75) is 176 Å². The van der Waals surface area contributed by atoms with E-state index in [-0.39, 0.29) is 76.0 Å². The zero-order valence-electron chi connectivity index (χ0n) is 65.1. The predicted octanol–water partition coefficient (Wildman–Crippen LogP) is 6.39. The number of carbonyl (C=O) groups is 4. The lowest BCUT2D eigenvalue weighted by Gasteiger charge is -2.28. The first-order chi connectivity index (χ1) is 50.9. The molecule has 4 unspecified atom stereocenters. The van der Waals surface area contributed by atoms with E-state index in [2.05, 4.69) is 75.6 Å². The first kappa shape index (κ1) is 102. The Hall–Kier alpha value is -7.47. The standard InChI is InChI=1S/C16H21BO4.C12H17BO3.C10H18O4.C8H19N.C8H10O3.C7H10N2.2C6H7BO2.C6H14O3/c1-13(2)16(18)19-11-7-6-10-15-12-20-17(21-15)14-8-4-3-5-9-14;14-9-5-4-8-12-10-15-13(16-12)11-6-2-1-3-7-11;1-8(2)10(13)14-6-4-3-5-9(12)7-11;1-6-9(7(2)3)8(4)5;1-5(2)7(9)11-8(10)6(3)4;1-9(2)7-3-5-8-6-4-7;2*8-7(9)6-4-2-1-3-5-6;7-4-2-1-3-6(9)5-8/h3-5,8-9,15H,1,6-7,10-12H2,2H3;1-3,6-7,12,14H,4-5,8-10H2;9,11-12H,1,3-7H2,2H3;7-8H,6H2,1-5H3;1,3H2,2,4H3;3-6H,1-2H3;2*1-5,8-9H;6-9H,1-5H2. The van der Waals surface area contributed by atoms with Gasteiger partial charge in [0.2, 0.25) is 0 Å². The molecule has 0 radical (unpaired) electrons. The Morgan fingerprint density at radius 2 is 0.832 bits per heavy atom. The molecule has 2 aliphatic rings. The first-order valence-electron chi connectivity index (χ1n) is 36.2. The summed E-state index contributed by atoms with van der Waals surface area (Å²) in [6, 6.07) is 42.6. The normalized spacial score (nSPS) is 13.5. The maximum atomic E-state index is 11.2. The number of aromatic nitrogens is 1. The van der Waals surface area contributed by atoms with Crippen molar-refractivity contribution < 1.29 is 103 Å². The average molecular weight is 1490 g/mol. The Kier molecular flexibility index (Phi) is 61.2. The van der Waals surface area contributed by atoms with Crippen LogP contribution in [0.1, 0.15) is 139 Å². The fraction of sp³-hybridized carbons (Fsp3) is 0.481. The molecule has 4 atom stereocenters. The van der Waals surface area contributed by atoms with Gasteiger partial charge in [0.15, 0.2) is 0 Å². The third kappa shape index (κ3) is 53.9. The number of nitrogens with zero attached hydrogens (tertiary/aromatic N) is 3. The molecule has 592 valence electrons. The van der Waals surface area contributed by atoms with Crippen molar-refractivity contribution in [1.82, 2.24) is 9.88 Å². The fourth-order valence-corrected chi connectivity index (χ4v) is 8.94. The summed E-state index contributed by atoms with van der Waals surface area (Å²) >= 11 is 0. The Labute approximate surface area is 638 Å². The van der Waals surface area contributed by atoms with Gasteiger partial charge in [0.25, 0.3) is 0 Å². The van der Waals surface area contributed by atoms with Crippen molar-refractivity contribution in [2.75, 3.05) is 78.4 Å². The Bertz CT molecular complexity index is 2960. The van der Waals surface area contributed by atoms with Crippen molar-refractivity contribution in [3.8, 4) is 0 Å². The first-order valence-corrected chi connectivity index (χ1v) is 36.2. The van der Waals surface area contributed by atoms with Crippen LogP contribution in [0.3, 0.4) is 0 Å². The molecular weight excluding hydrogens is 1370 g/mol. The van der Waals surface area contributed by atoms with Crippen molar-refractivity contribution in [3.05, 3.63) is 194 Å². The summed E-state index contributed by atoms with van der Waals surface area (Å²) in [5, 5.41) is 85.9. The number of aliphatic hydroxyl groups is 6. The van der Waals surface area contributed by atoms with Crippen LogP contribution >= 0.6 is 0 Å². The minimum absolute atomic E-state index is 0.118. The number of hydrogen-bond acceptors (Lipinski definition) is 24. The molecule has 1 aromatic heterocycles. The quantitative estimate of drug-likeness (QED) is 0.00556. The molecule has 0 aliphatic carbocycles. The van der Waals surface area contributed by atoms with E-state index in [1.165, 1.54) is 19.5 Å². The van der Waals surface area contributed by atoms with Crippen molar-refractivity contribution in [1.29, 1.82) is 0 Å². The van der Waals surface area contributed by atoms with Crippen LogP contribution in [0.15, 0.2) is 194 Å². The van der Waals surface area contributed by atoms with Gasteiger partial charge in [0, 0.05) is 79.8 Å². The van der Waals surface area contributed by atoms with E-state index in [1.54, 1.807) is 74.8 Å². The molecule has 2 saturated heterocycles. The van der Waals surface area contributed by atoms with Crippen molar-refractivity contribution in [3.63, 3.8) is 0 Å². The summed E-state index contributed by atoms with van der Waals surface area (Å²) in [6.07, 6.45) is 12.1. The second kappa shape index (κ2) is 64.5. The highest BCUT2D eigenvalue weighted by Crippen LogP contribution is 2.17. The molecule has 10 N–H and O–H groups in total. The second-order valence-corrected chi connectivity index (χ2v) is 25.5. The van der Waals surface area contributed by atoms with E-state index < -0.39 is 38.4 Å². The van der Waals surface area contributed by atoms with Gasteiger partial charge in [-0.25, -0.2) is 19.2 Å². The largest absolute Gasteiger partial charge is 0.494 e. The summed E-state index contributed by atoms with van der Waals surface area (Å²) in [6.45, 7) is 34.2. The third-order valence-electron chi connectivity index (χ3n) is 14.9. The summed E-state index contributed by atoms with van der Waals surface area (Å²) in [4.78, 5) is 51.8. The summed E-state index contributed by atoms with van der Waals surface area (Å²) < 4.78 is 37.1. The number of hydrogen-bond donors (Lipinski definition) is 10. The van der Waals surface area contributed by atoms with Crippen molar-refractivity contribution >= 4 is 79.9 Å². The van der Waals surface area contributed by atoms with Gasteiger partial charge >= 0.3 is 52.4 Å². The molecule has 0 amide bonds. The molecule has 7 rings (SSSR count). The van der Waals surface area contributed by atoms with Gasteiger partial charge in [-0.1, -0.05) is 155 Å². The summed E-state index contributed by atoms with van der Waals surface area (Å²) in [5.41, 5.74) is 5.58. The zero-order chi connectivity index (χ0) is 80.9. The lowest BCUT2D eigenvalue weighted by molar-refractivity contribution is -0.154. The molecule has 5 aromatic rings. The second-order valence-electron chi connectivity index (χ2n) is 25.5. The monoisotopic (exact) mass is 1490 g/mol. The highest BCUT2D eigenvalue weighted by molar-refractivity contribution is 6.62. The average Bonchev–Trinajstić information content (AvgIpc) is 1.75. The van der Waals surface area contributed by atoms with Gasteiger partial charge < -0.3 is 88.5 Å². The smallest absolute Gasteiger partial charge is 0.462 e. The molecule has 0 saturated carbocycles. The predicted molar refractivity (Wildman–Crippen MR) is 427 cm³/mol. The third-order valence-corrected chi connectivity index (χ3v) is 14.9. The van der Waals surface area contributed by atoms with Crippen LogP contribution in [-0.2, 0) is 52.0 Å². The van der Waals surface area contributed by atoms with Crippen LogP contribution in [-0.4, -0.2) is 223 Å². The van der Waals surface area contributed by atoms with E-state index in [0.717, 1.165) is 68.8 Å². The molecular formula is C79H123B4N3O21. The SMILES string of the molecule is C=C(C)C(=O)OC(=O)C(=C)C.C=C(C)C(=O)OCCCCC(O)CO.C=C(C)C(=O)OCCCCC1COB(c2ccccc2)O1.CCN(C(C)C)C(C)C.CN(C)c1ccncc1.OB(O)c1ccccc1.OB(O)c1ccccc1.OCCCCC(O)CO.OCCCCC1COB(c2ccccc2)O1. The summed E-state index contributed by atoms with van der Waals surface area (Å²) in [7, 11) is 0.875. The molecule has 2 aliphatic heterocycles. The molecule has 0 bridgehead atoms. The minimum atomic E-state index is -1.34. The Morgan fingerprint density at radius 3 is 1.11 bits per heavy atom. The number of carbonyl (C=O) groups excluding carboxylic acids is 4. The van der Waals surface area contributed by atoms with Crippen LogP contribution in [0.5, 0.6) is 0 Å². The number of rotatable bonds is 32. The molecule has 107 heavy (non-hydrogen) atoms. The number of anilines is 1. The highest BCUT2D eigenvalue weighted by atomic mass is 16.6. The Balaban J connectivity index is 0. The van der Waals surface area contributed by atoms with Crippen LogP contribution in [0, 0.1) is 0 Å². The molecule has 24 nitrogen and oxygen atoms in total. The van der Waals surface area contributed by atoms with Crippen LogP contribution in [0.4, 0.5) is 5.69 Å².